The summed E-state index contributed by atoms with van der Waals surface area (Å²) in [5.74, 6) is 3.23. The Labute approximate surface area is 183 Å². The number of aromatic hydroxyl groups is 1. The second-order valence-corrected chi connectivity index (χ2v) is 10.9. The number of rotatable bonds is 8. The van der Waals surface area contributed by atoms with E-state index in [1.54, 1.807) is 6.07 Å². The van der Waals surface area contributed by atoms with Crippen molar-refractivity contribution >= 4 is 11.8 Å². The molecule has 1 unspecified atom stereocenters. The molecule has 3 fully saturated rings. The Morgan fingerprint density at radius 3 is 2.40 bits per heavy atom. The lowest BCUT2D eigenvalue weighted by atomic mass is 9.63. The van der Waals surface area contributed by atoms with Gasteiger partial charge in [0, 0.05) is 16.7 Å². The van der Waals surface area contributed by atoms with Gasteiger partial charge in [0.1, 0.15) is 11.5 Å². The van der Waals surface area contributed by atoms with Gasteiger partial charge in [-0.25, -0.2) is 4.79 Å². The lowest BCUT2D eigenvalue weighted by Crippen LogP contribution is -2.37. The average molecular weight is 425 g/mol. The van der Waals surface area contributed by atoms with Gasteiger partial charge in [-0.3, -0.25) is 0 Å². The Kier molecular flexibility index (Phi) is 5.70. The zero-order chi connectivity index (χ0) is 20.6. The molecule has 2 aromatic rings. The fourth-order valence-corrected chi connectivity index (χ4v) is 7.09. The summed E-state index contributed by atoms with van der Waals surface area (Å²) in [6.45, 7) is 0. The van der Waals surface area contributed by atoms with Crippen molar-refractivity contribution in [2.24, 2.45) is 11.8 Å². The first-order chi connectivity index (χ1) is 14.6. The molecule has 3 aliphatic carbocycles. The van der Waals surface area contributed by atoms with Gasteiger partial charge in [-0.2, -0.15) is 11.8 Å². The molecule has 0 amide bonds. The highest BCUT2D eigenvalue weighted by Gasteiger charge is 2.43. The number of benzene rings is 1. The largest absolute Gasteiger partial charge is 0.507 e. The van der Waals surface area contributed by atoms with Crippen LogP contribution in [0.15, 0.2) is 45.6 Å². The van der Waals surface area contributed by atoms with E-state index in [2.05, 4.69) is 24.3 Å². The highest BCUT2D eigenvalue weighted by Crippen LogP contribution is 2.50. The molecule has 0 bridgehead atoms. The third-order valence-corrected chi connectivity index (χ3v) is 9.15. The van der Waals surface area contributed by atoms with Crippen LogP contribution in [-0.2, 0) is 11.8 Å². The summed E-state index contributed by atoms with van der Waals surface area (Å²) >= 11 is 1.89. The monoisotopic (exact) mass is 424 g/mol. The summed E-state index contributed by atoms with van der Waals surface area (Å²) in [5, 5.41) is 11.1. The molecule has 1 atom stereocenters. The maximum atomic E-state index is 13.2. The summed E-state index contributed by atoms with van der Waals surface area (Å²) < 4.78 is 6.00. The predicted octanol–water partition coefficient (Wildman–Crippen LogP) is 6.38. The molecule has 1 N–H and O–H groups in total. The molecular formula is C26H32O3S. The van der Waals surface area contributed by atoms with Crippen molar-refractivity contribution in [3.63, 3.8) is 0 Å². The normalized spacial score (nSPS) is 22.0. The Morgan fingerprint density at radius 1 is 1.07 bits per heavy atom. The molecule has 0 aliphatic heterocycles. The maximum Gasteiger partial charge on any atom is 0.344 e. The van der Waals surface area contributed by atoms with Gasteiger partial charge in [0.25, 0.3) is 0 Å². The fourth-order valence-electron chi connectivity index (χ4n) is 5.35. The Morgan fingerprint density at radius 2 is 1.80 bits per heavy atom. The third-order valence-electron chi connectivity index (χ3n) is 7.51. The van der Waals surface area contributed by atoms with Crippen LogP contribution in [0, 0.1) is 11.8 Å². The first-order valence-corrected chi connectivity index (χ1v) is 12.7. The van der Waals surface area contributed by atoms with Crippen LogP contribution in [0.2, 0.25) is 0 Å². The van der Waals surface area contributed by atoms with Gasteiger partial charge in [-0.1, -0.05) is 49.6 Å². The van der Waals surface area contributed by atoms with Gasteiger partial charge >= 0.3 is 5.63 Å². The SMILES string of the molecule is O=c1oc(C2(Cc3ccccc3)CCC2)cc(O)c1C(SCC1CC1)C1CCCC1. The van der Waals surface area contributed by atoms with Gasteiger partial charge in [0.15, 0.2) is 0 Å². The number of hydrogen-bond acceptors (Lipinski definition) is 4. The minimum absolute atomic E-state index is 0.0739. The van der Waals surface area contributed by atoms with Gasteiger partial charge in [0.05, 0.1) is 5.56 Å². The summed E-state index contributed by atoms with van der Waals surface area (Å²) in [6.07, 6.45) is 11.4. The van der Waals surface area contributed by atoms with Crippen LogP contribution in [0.3, 0.4) is 0 Å². The van der Waals surface area contributed by atoms with Crippen molar-refractivity contribution in [1.29, 1.82) is 0 Å². The Balaban J connectivity index is 1.45. The van der Waals surface area contributed by atoms with Crippen LogP contribution in [0.5, 0.6) is 5.75 Å². The molecule has 3 nitrogen and oxygen atoms in total. The first kappa shape index (κ1) is 20.2. The van der Waals surface area contributed by atoms with Gasteiger partial charge in [0.2, 0.25) is 0 Å². The number of thioether (sulfide) groups is 1. The molecule has 0 spiro atoms. The number of hydrogen-bond donors (Lipinski definition) is 1. The fraction of sp³-hybridized carbons (Fsp3) is 0.577. The van der Waals surface area contributed by atoms with E-state index in [4.69, 9.17) is 4.42 Å². The quantitative estimate of drug-likeness (QED) is 0.534. The summed E-state index contributed by atoms with van der Waals surface area (Å²) in [6, 6.07) is 12.2. The molecule has 160 valence electrons. The van der Waals surface area contributed by atoms with E-state index in [9.17, 15) is 9.90 Å². The molecule has 4 heteroatoms. The molecule has 0 radical (unpaired) electrons. The highest BCUT2D eigenvalue weighted by atomic mass is 32.2. The third kappa shape index (κ3) is 4.08. The minimum atomic E-state index is -0.301. The molecule has 1 heterocycles. The van der Waals surface area contributed by atoms with Crippen molar-refractivity contribution < 1.29 is 9.52 Å². The second-order valence-electron chi connectivity index (χ2n) is 9.74. The highest BCUT2D eigenvalue weighted by molar-refractivity contribution is 7.99. The van der Waals surface area contributed by atoms with Crippen LogP contribution in [-0.4, -0.2) is 10.9 Å². The molecule has 3 aliphatic rings. The molecule has 3 saturated carbocycles. The zero-order valence-electron chi connectivity index (χ0n) is 17.6. The van der Waals surface area contributed by atoms with Crippen LogP contribution in [0.4, 0.5) is 0 Å². The van der Waals surface area contributed by atoms with Crippen molar-refractivity contribution in [3.8, 4) is 5.75 Å². The first-order valence-electron chi connectivity index (χ1n) is 11.7. The van der Waals surface area contributed by atoms with Crippen LogP contribution in [0.25, 0.3) is 0 Å². The van der Waals surface area contributed by atoms with Crippen molar-refractivity contribution in [3.05, 3.63) is 63.7 Å². The lowest BCUT2D eigenvalue weighted by molar-refractivity contribution is 0.187. The molecule has 0 saturated heterocycles. The van der Waals surface area contributed by atoms with Gasteiger partial charge in [-0.15, -0.1) is 0 Å². The lowest BCUT2D eigenvalue weighted by Gasteiger charge is -2.41. The Bertz CT molecular complexity index is 921. The van der Waals surface area contributed by atoms with Crippen LogP contribution >= 0.6 is 11.8 Å². The summed E-state index contributed by atoms with van der Waals surface area (Å²) in [7, 11) is 0. The zero-order valence-corrected chi connectivity index (χ0v) is 18.5. The van der Waals surface area contributed by atoms with Crippen molar-refractivity contribution in [2.75, 3.05) is 5.75 Å². The van der Waals surface area contributed by atoms with E-state index in [0.717, 1.165) is 50.2 Å². The minimum Gasteiger partial charge on any atom is -0.507 e. The van der Waals surface area contributed by atoms with Crippen molar-refractivity contribution in [1.82, 2.24) is 0 Å². The molecular weight excluding hydrogens is 392 g/mol. The van der Waals surface area contributed by atoms with E-state index in [-0.39, 0.29) is 22.0 Å². The van der Waals surface area contributed by atoms with Crippen molar-refractivity contribution in [2.45, 2.75) is 74.9 Å². The molecule has 1 aromatic carbocycles. The predicted molar refractivity (Wildman–Crippen MR) is 122 cm³/mol. The van der Waals surface area contributed by atoms with Gasteiger partial charge < -0.3 is 9.52 Å². The second kappa shape index (κ2) is 8.45. The summed E-state index contributed by atoms with van der Waals surface area (Å²) in [5.41, 5.74) is 1.34. The molecule has 5 rings (SSSR count). The van der Waals surface area contributed by atoms with E-state index in [1.165, 1.54) is 31.2 Å². The standard InChI is InChI=1S/C26H32O3S/c27-21-15-22(26(13-6-14-26)16-18-7-2-1-3-8-18)29-25(28)23(21)24(20-9-4-5-10-20)30-17-19-11-12-19/h1-3,7-8,15,19-20,24,27H,4-6,9-14,16-17H2. The van der Waals surface area contributed by atoms with Gasteiger partial charge in [-0.05, 0) is 68.1 Å². The summed E-state index contributed by atoms with van der Waals surface area (Å²) in [4.78, 5) is 13.2. The van der Waals surface area contributed by atoms with E-state index >= 15 is 0 Å². The molecule has 1 aromatic heterocycles. The average Bonchev–Trinajstić information content (AvgIpc) is 3.38. The van der Waals surface area contributed by atoms with E-state index < -0.39 is 0 Å². The maximum absolute atomic E-state index is 13.2. The van der Waals surface area contributed by atoms with Crippen LogP contribution in [0.1, 0.15) is 79.9 Å². The molecule has 30 heavy (non-hydrogen) atoms. The smallest absolute Gasteiger partial charge is 0.344 e. The van der Waals surface area contributed by atoms with Crippen LogP contribution < -0.4 is 5.63 Å². The van der Waals surface area contributed by atoms with E-state index in [1.807, 2.05) is 17.8 Å². The topological polar surface area (TPSA) is 50.4 Å². The van der Waals surface area contributed by atoms with E-state index in [0.29, 0.717) is 17.2 Å². The Hall–Kier alpha value is -1.68.